The molecule has 5 heterocycles. The maximum absolute atomic E-state index is 9.13. The van der Waals surface area contributed by atoms with Crippen LogP contribution in [0.15, 0.2) is 42.9 Å². The number of nitrogens with zero attached hydrogens (tertiary/aromatic N) is 7. The number of fused-ring (bicyclic) bond motifs is 1. The number of rotatable bonds is 3. The van der Waals surface area contributed by atoms with E-state index in [4.69, 9.17) is 10.2 Å². The average Bonchev–Trinajstić information content (AvgIpc) is 2.73. The molecule has 2 saturated heterocycles. The van der Waals surface area contributed by atoms with Gasteiger partial charge in [0.1, 0.15) is 5.82 Å². The van der Waals surface area contributed by atoms with Crippen LogP contribution in [-0.4, -0.2) is 46.1 Å². The average molecular weight is 371 g/mol. The lowest BCUT2D eigenvalue weighted by Gasteiger charge is -2.41. The second kappa shape index (κ2) is 7.04. The van der Waals surface area contributed by atoms with Gasteiger partial charge in [-0.3, -0.25) is 9.97 Å². The van der Waals surface area contributed by atoms with Gasteiger partial charge < -0.3 is 9.80 Å². The highest BCUT2D eigenvalue weighted by Crippen LogP contribution is 2.35. The van der Waals surface area contributed by atoms with Crippen molar-refractivity contribution in [2.45, 2.75) is 18.8 Å². The third-order valence-electron chi connectivity index (χ3n) is 5.72. The largest absolute Gasteiger partial charge is 0.355 e. The Hall–Kier alpha value is -3.27. The van der Waals surface area contributed by atoms with Crippen LogP contribution < -0.4 is 9.80 Å². The van der Waals surface area contributed by atoms with Crippen molar-refractivity contribution in [3.63, 3.8) is 0 Å². The molecule has 140 valence electrons. The first kappa shape index (κ1) is 16.9. The van der Waals surface area contributed by atoms with Crippen molar-refractivity contribution in [1.82, 2.24) is 19.9 Å². The fraction of sp³-hybridized carbons (Fsp3) is 0.381. The van der Waals surface area contributed by atoms with E-state index in [0.717, 1.165) is 67.4 Å². The molecule has 0 amide bonds. The molecular formula is C21H21N7. The summed E-state index contributed by atoms with van der Waals surface area (Å²) in [5.74, 6) is 2.49. The highest BCUT2D eigenvalue weighted by molar-refractivity contribution is 5.76. The number of nitriles is 1. The molecule has 0 aromatic carbocycles. The van der Waals surface area contributed by atoms with Crippen molar-refractivity contribution in [2.75, 3.05) is 36.0 Å². The zero-order valence-corrected chi connectivity index (χ0v) is 15.6. The molecule has 7 heteroatoms. The van der Waals surface area contributed by atoms with Crippen LogP contribution in [0.1, 0.15) is 24.5 Å². The predicted octanol–water partition coefficient (Wildman–Crippen LogP) is 2.76. The smallest absolute Gasteiger partial charge is 0.150 e. The van der Waals surface area contributed by atoms with Gasteiger partial charge in [-0.25, -0.2) is 9.97 Å². The number of hydrogen-bond donors (Lipinski definition) is 0. The van der Waals surface area contributed by atoms with Gasteiger partial charge in [0, 0.05) is 56.6 Å². The van der Waals surface area contributed by atoms with Gasteiger partial charge in [0.25, 0.3) is 0 Å². The Labute approximate surface area is 163 Å². The first-order chi connectivity index (χ1) is 13.8. The van der Waals surface area contributed by atoms with E-state index in [2.05, 4.69) is 30.8 Å². The van der Waals surface area contributed by atoms with Gasteiger partial charge in [0.05, 0.1) is 22.8 Å². The van der Waals surface area contributed by atoms with E-state index >= 15 is 0 Å². The highest BCUT2D eigenvalue weighted by Gasteiger charge is 2.34. The molecular weight excluding hydrogens is 350 g/mol. The van der Waals surface area contributed by atoms with E-state index in [1.54, 1.807) is 18.6 Å². The zero-order valence-electron chi connectivity index (χ0n) is 15.6. The van der Waals surface area contributed by atoms with Crippen LogP contribution in [0.25, 0.3) is 11.0 Å². The topological polar surface area (TPSA) is 81.8 Å². The second-order valence-electron chi connectivity index (χ2n) is 7.47. The van der Waals surface area contributed by atoms with Gasteiger partial charge in [-0.15, -0.1) is 0 Å². The second-order valence-corrected chi connectivity index (χ2v) is 7.47. The normalized spacial score (nSPS) is 18.1. The molecule has 0 aliphatic carbocycles. The lowest BCUT2D eigenvalue weighted by molar-refractivity contribution is 0.473. The molecule has 0 bridgehead atoms. The summed E-state index contributed by atoms with van der Waals surface area (Å²) < 4.78 is 0. The molecule has 0 unspecified atom stereocenters. The summed E-state index contributed by atoms with van der Waals surface area (Å²) in [6, 6.07) is 10.4. The van der Waals surface area contributed by atoms with Crippen molar-refractivity contribution in [3.05, 3.63) is 48.5 Å². The summed E-state index contributed by atoms with van der Waals surface area (Å²) in [5.41, 5.74) is 2.90. The van der Waals surface area contributed by atoms with Crippen molar-refractivity contribution in [3.8, 4) is 6.07 Å². The third kappa shape index (κ3) is 3.01. The van der Waals surface area contributed by atoms with Gasteiger partial charge in [-0.2, -0.15) is 5.26 Å². The quantitative estimate of drug-likeness (QED) is 0.700. The number of hydrogen-bond acceptors (Lipinski definition) is 7. The molecule has 2 aliphatic rings. The maximum atomic E-state index is 9.13. The first-order valence-corrected chi connectivity index (χ1v) is 9.74. The van der Waals surface area contributed by atoms with E-state index in [1.165, 1.54) is 0 Å². The number of aromatic nitrogens is 4. The fourth-order valence-electron chi connectivity index (χ4n) is 4.05. The van der Waals surface area contributed by atoms with Gasteiger partial charge in [-0.05, 0) is 37.1 Å². The van der Waals surface area contributed by atoms with Crippen LogP contribution in [0.4, 0.5) is 11.6 Å². The lowest BCUT2D eigenvalue weighted by Crippen LogP contribution is -2.47. The van der Waals surface area contributed by atoms with Crippen LogP contribution in [0.2, 0.25) is 0 Å². The van der Waals surface area contributed by atoms with Crippen molar-refractivity contribution in [1.29, 1.82) is 5.26 Å². The molecule has 28 heavy (non-hydrogen) atoms. The molecule has 0 atom stereocenters. The lowest BCUT2D eigenvalue weighted by atomic mass is 9.94. The predicted molar refractivity (Wildman–Crippen MR) is 107 cm³/mol. The van der Waals surface area contributed by atoms with Gasteiger partial charge in [0.2, 0.25) is 0 Å². The summed E-state index contributed by atoms with van der Waals surface area (Å²) in [6.07, 6.45) is 7.14. The Balaban J connectivity index is 1.31. The van der Waals surface area contributed by atoms with E-state index < -0.39 is 0 Å². The number of anilines is 2. The summed E-state index contributed by atoms with van der Waals surface area (Å²) in [5, 5.41) is 9.13. The Morgan fingerprint density at radius 3 is 2.54 bits per heavy atom. The van der Waals surface area contributed by atoms with E-state index in [9.17, 15) is 0 Å². The zero-order chi connectivity index (χ0) is 18.9. The number of pyridine rings is 2. The molecule has 5 rings (SSSR count). The molecule has 3 aromatic rings. The molecule has 0 spiro atoms. The molecule has 0 saturated carbocycles. The van der Waals surface area contributed by atoms with Crippen molar-refractivity contribution >= 4 is 22.7 Å². The third-order valence-corrected chi connectivity index (χ3v) is 5.72. The minimum absolute atomic E-state index is 0.170. The van der Waals surface area contributed by atoms with Crippen LogP contribution in [0.3, 0.4) is 0 Å². The first-order valence-electron chi connectivity index (χ1n) is 9.74. The monoisotopic (exact) mass is 371 g/mol. The van der Waals surface area contributed by atoms with Crippen molar-refractivity contribution < 1.29 is 0 Å². The molecule has 7 nitrogen and oxygen atoms in total. The van der Waals surface area contributed by atoms with Gasteiger partial charge in [0.15, 0.2) is 5.82 Å². The molecule has 2 aliphatic heterocycles. The van der Waals surface area contributed by atoms with E-state index in [-0.39, 0.29) is 5.92 Å². The Morgan fingerprint density at radius 1 is 0.893 bits per heavy atom. The fourth-order valence-corrected chi connectivity index (χ4v) is 4.05. The molecule has 2 fully saturated rings. The van der Waals surface area contributed by atoms with Gasteiger partial charge >= 0.3 is 0 Å². The van der Waals surface area contributed by atoms with Gasteiger partial charge in [-0.1, -0.05) is 0 Å². The van der Waals surface area contributed by atoms with E-state index in [0.29, 0.717) is 5.92 Å². The summed E-state index contributed by atoms with van der Waals surface area (Å²) in [6.45, 7) is 3.53. The minimum Gasteiger partial charge on any atom is -0.355 e. The summed E-state index contributed by atoms with van der Waals surface area (Å²) >= 11 is 0. The number of piperidine rings is 1. The van der Waals surface area contributed by atoms with Crippen molar-refractivity contribution in [2.24, 2.45) is 5.92 Å². The van der Waals surface area contributed by atoms with E-state index in [1.807, 2.05) is 24.3 Å². The van der Waals surface area contributed by atoms with Crippen LogP contribution >= 0.6 is 0 Å². The van der Waals surface area contributed by atoms with Crippen LogP contribution in [0, 0.1) is 17.2 Å². The minimum atomic E-state index is 0.170. The highest BCUT2D eigenvalue weighted by atomic mass is 15.3. The SMILES string of the molecule is N#CC1CCN(c2nccnc2C2CN(c3ccc4ncccc4n3)C2)CC1. The maximum Gasteiger partial charge on any atom is 0.150 e. The van der Waals surface area contributed by atoms with Crippen LogP contribution in [-0.2, 0) is 0 Å². The molecule has 3 aromatic heterocycles. The van der Waals surface area contributed by atoms with Crippen LogP contribution in [0.5, 0.6) is 0 Å². The molecule has 0 N–H and O–H groups in total. The Bertz CT molecular complexity index is 1030. The summed E-state index contributed by atoms with van der Waals surface area (Å²) in [4.78, 5) is 22.9. The molecule has 0 radical (unpaired) electrons. The Kier molecular flexibility index (Phi) is 4.24. The standard InChI is InChI=1S/C21H21N7/c22-12-15-5-10-27(11-6-15)21-20(24-8-9-25-21)16-13-28(14-16)19-4-3-17-18(26-19)2-1-7-23-17/h1-4,7-9,15-16H,5-6,10-11,13-14H2. The Morgan fingerprint density at radius 2 is 1.71 bits per heavy atom. The summed E-state index contributed by atoms with van der Waals surface area (Å²) in [7, 11) is 0.